The standard InChI is InChI=1S/C9H5ClFO/c10-8-6-7(2-1-5-12)3-4-9(8)11/h1-4,6H. The van der Waals surface area contributed by atoms with E-state index in [1.807, 2.05) is 0 Å². The van der Waals surface area contributed by atoms with Crippen molar-refractivity contribution in [2.24, 2.45) is 0 Å². The van der Waals surface area contributed by atoms with Gasteiger partial charge in [0.15, 0.2) is 0 Å². The minimum atomic E-state index is -0.469. The molecule has 0 heterocycles. The number of hydrogen-bond donors (Lipinski definition) is 0. The largest absolute Gasteiger partial charge is 0.286 e. The third-order valence-electron chi connectivity index (χ3n) is 1.29. The third-order valence-corrected chi connectivity index (χ3v) is 1.58. The Bertz CT molecular complexity index is 320. The van der Waals surface area contributed by atoms with E-state index in [0.717, 1.165) is 0 Å². The average Bonchev–Trinajstić information content (AvgIpc) is 2.07. The lowest BCUT2D eigenvalue weighted by molar-refractivity contribution is 0.564. The van der Waals surface area contributed by atoms with E-state index in [-0.39, 0.29) is 5.02 Å². The smallest absolute Gasteiger partial charge is 0.225 e. The second kappa shape index (κ2) is 4.02. The lowest BCUT2D eigenvalue weighted by atomic mass is 10.2. The monoisotopic (exact) mass is 183 g/mol. The van der Waals surface area contributed by atoms with E-state index in [1.54, 1.807) is 6.29 Å². The van der Waals surface area contributed by atoms with Crippen LogP contribution in [0.5, 0.6) is 0 Å². The fourth-order valence-corrected chi connectivity index (χ4v) is 0.935. The van der Waals surface area contributed by atoms with Gasteiger partial charge in [-0.05, 0) is 23.8 Å². The van der Waals surface area contributed by atoms with E-state index in [2.05, 4.69) is 0 Å². The van der Waals surface area contributed by atoms with Crippen molar-refractivity contribution in [3.63, 3.8) is 0 Å². The summed E-state index contributed by atoms with van der Waals surface area (Å²) in [5.74, 6) is -0.469. The minimum Gasteiger partial charge on any atom is -0.286 e. The van der Waals surface area contributed by atoms with Crippen molar-refractivity contribution in [1.82, 2.24) is 0 Å². The first kappa shape index (κ1) is 8.94. The first-order valence-electron chi connectivity index (χ1n) is 3.23. The highest BCUT2D eigenvalue weighted by Crippen LogP contribution is 2.16. The summed E-state index contributed by atoms with van der Waals surface area (Å²) in [7, 11) is 0. The van der Waals surface area contributed by atoms with Gasteiger partial charge in [0.05, 0.1) is 5.02 Å². The molecule has 61 valence electrons. The predicted octanol–water partition coefficient (Wildman–Crippen LogP) is 2.60. The van der Waals surface area contributed by atoms with Gasteiger partial charge in [-0.2, -0.15) is 0 Å². The fraction of sp³-hybridized carbons (Fsp3) is 0. The lowest BCUT2D eigenvalue weighted by Crippen LogP contribution is -1.77. The zero-order valence-corrected chi connectivity index (χ0v) is 6.81. The quantitative estimate of drug-likeness (QED) is 0.645. The summed E-state index contributed by atoms with van der Waals surface area (Å²) in [5, 5.41) is 0.0445. The molecule has 0 saturated carbocycles. The SMILES string of the molecule is O=[C]C=Cc1ccc(F)c(Cl)c1. The Morgan fingerprint density at radius 2 is 2.25 bits per heavy atom. The molecule has 1 aromatic carbocycles. The summed E-state index contributed by atoms with van der Waals surface area (Å²) < 4.78 is 12.6. The predicted molar refractivity (Wildman–Crippen MR) is 46.1 cm³/mol. The lowest BCUT2D eigenvalue weighted by Gasteiger charge is -1.94. The highest BCUT2D eigenvalue weighted by molar-refractivity contribution is 6.30. The van der Waals surface area contributed by atoms with Crippen LogP contribution in [0.2, 0.25) is 5.02 Å². The molecule has 0 aromatic heterocycles. The van der Waals surface area contributed by atoms with Crippen molar-refractivity contribution in [3.05, 3.63) is 40.7 Å². The summed E-state index contributed by atoms with van der Waals surface area (Å²) in [6, 6.07) is 4.20. The van der Waals surface area contributed by atoms with Crippen LogP contribution in [0.3, 0.4) is 0 Å². The van der Waals surface area contributed by atoms with E-state index in [1.165, 1.54) is 30.4 Å². The number of hydrogen-bond acceptors (Lipinski definition) is 1. The van der Waals surface area contributed by atoms with Crippen LogP contribution in [-0.2, 0) is 4.79 Å². The maximum absolute atomic E-state index is 12.6. The van der Waals surface area contributed by atoms with Crippen molar-refractivity contribution < 1.29 is 9.18 Å². The summed E-state index contributed by atoms with van der Waals surface area (Å²) >= 11 is 5.49. The van der Waals surface area contributed by atoms with Crippen LogP contribution < -0.4 is 0 Å². The van der Waals surface area contributed by atoms with Crippen LogP contribution in [0, 0.1) is 5.82 Å². The molecule has 1 nitrogen and oxygen atoms in total. The molecule has 1 aromatic rings. The summed E-state index contributed by atoms with van der Waals surface area (Å²) in [6.07, 6.45) is 4.28. The Kier molecular flexibility index (Phi) is 3.00. The van der Waals surface area contributed by atoms with Gasteiger partial charge in [-0.25, -0.2) is 4.39 Å². The van der Waals surface area contributed by atoms with Crippen molar-refractivity contribution >= 4 is 24.0 Å². The fourth-order valence-electron chi connectivity index (χ4n) is 0.746. The topological polar surface area (TPSA) is 17.1 Å². The molecule has 3 heteroatoms. The van der Waals surface area contributed by atoms with Crippen molar-refractivity contribution in [2.75, 3.05) is 0 Å². The molecular formula is C9H5ClFO. The molecule has 0 bridgehead atoms. The number of benzene rings is 1. The van der Waals surface area contributed by atoms with Crippen LogP contribution >= 0.6 is 11.6 Å². The first-order chi connectivity index (χ1) is 5.74. The maximum atomic E-state index is 12.6. The molecule has 0 saturated heterocycles. The number of rotatable bonds is 2. The molecule has 0 N–H and O–H groups in total. The van der Waals surface area contributed by atoms with E-state index in [4.69, 9.17) is 11.6 Å². The van der Waals surface area contributed by atoms with Gasteiger partial charge in [0.1, 0.15) is 5.82 Å². The van der Waals surface area contributed by atoms with Gasteiger partial charge in [0.25, 0.3) is 0 Å². The van der Waals surface area contributed by atoms with Gasteiger partial charge in [-0.3, -0.25) is 4.79 Å². The summed E-state index contributed by atoms with van der Waals surface area (Å²) in [6.45, 7) is 0. The van der Waals surface area contributed by atoms with Crippen LogP contribution in [0.25, 0.3) is 6.08 Å². The molecule has 0 fully saturated rings. The Labute approximate surface area is 74.5 Å². The zero-order chi connectivity index (χ0) is 8.97. The van der Waals surface area contributed by atoms with Gasteiger partial charge in [0.2, 0.25) is 6.29 Å². The second-order valence-electron chi connectivity index (χ2n) is 2.12. The Balaban J connectivity index is 2.96. The van der Waals surface area contributed by atoms with E-state index in [9.17, 15) is 9.18 Å². The maximum Gasteiger partial charge on any atom is 0.225 e. The van der Waals surface area contributed by atoms with Gasteiger partial charge < -0.3 is 0 Å². The van der Waals surface area contributed by atoms with Gasteiger partial charge >= 0.3 is 0 Å². The summed E-state index contributed by atoms with van der Waals surface area (Å²) in [5.41, 5.74) is 0.671. The van der Waals surface area contributed by atoms with Crippen molar-refractivity contribution in [1.29, 1.82) is 0 Å². The Morgan fingerprint density at radius 3 is 2.83 bits per heavy atom. The number of allylic oxidation sites excluding steroid dienone is 1. The molecule has 0 atom stereocenters. The minimum absolute atomic E-state index is 0.0445. The zero-order valence-electron chi connectivity index (χ0n) is 6.05. The molecule has 0 amide bonds. The van der Waals surface area contributed by atoms with Crippen LogP contribution in [0.4, 0.5) is 4.39 Å². The highest BCUT2D eigenvalue weighted by atomic mass is 35.5. The molecular weight excluding hydrogens is 179 g/mol. The van der Waals surface area contributed by atoms with E-state index in [0.29, 0.717) is 5.56 Å². The average molecular weight is 184 g/mol. The van der Waals surface area contributed by atoms with Crippen LogP contribution in [0.1, 0.15) is 5.56 Å². The van der Waals surface area contributed by atoms with E-state index < -0.39 is 5.82 Å². The molecule has 12 heavy (non-hydrogen) atoms. The van der Waals surface area contributed by atoms with Crippen molar-refractivity contribution in [3.8, 4) is 0 Å². The molecule has 1 radical (unpaired) electrons. The highest BCUT2D eigenvalue weighted by Gasteiger charge is 1.97. The second-order valence-corrected chi connectivity index (χ2v) is 2.53. The third kappa shape index (κ3) is 2.17. The molecule has 0 aliphatic heterocycles. The Hall–Kier alpha value is -1.15. The van der Waals surface area contributed by atoms with Crippen molar-refractivity contribution in [2.45, 2.75) is 0 Å². The van der Waals surface area contributed by atoms with E-state index >= 15 is 0 Å². The van der Waals surface area contributed by atoms with Crippen LogP contribution in [0.15, 0.2) is 24.3 Å². The molecule has 0 aliphatic rings. The van der Waals surface area contributed by atoms with Crippen LogP contribution in [-0.4, -0.2) is 6.29 Å². The molecule has 0 unspecified atom stereocenters. The first-order valence-corrected chi connectivity index (χ1v) is 3.61. The number of carbonyl (C=O) groups excluding carboxylic acids is 1. The number of halogens is 2. The normalized spacial score (nSPS) is 10.5. The molecule has 1 rings (SSSR count). The summed E-state index contributed by atoms with van der Waals surface area (Å²) in [4.78, 5) is 9.81. The molecule has 0 aliphatic carbocycles. The van der Waals surface area contributed by atoms with Gasteiger partial charge in [0, 0.05) is 0 Å². The Morgan fingerprint density at radius 1 is 1.50 bits per heavy atom. The van der Waals surface area contributed by atoms with Gasteiger partial charge in [-0.15, -0.1) is 0 Å². The van der Waals surface area contributed by atoms with Gasteiger partial charge in [-0.1, -0.05) is 23.7 Å². The molecule has 0 spiro atoms.